The smallest absolute Gasteiger partial charge is 0.249 e. The summed E-state index contributed by atoms with van der Waals surface area (Å²) in [6.07, 6.45) is 2.98. The van der Waals surface area contributed by atoms with Crippen LogP contribution in [0.5, 0.6) is 0 Å². The number of imide groups is 1. The molecule has 1 aromatic heterocycles. The van der Waals surface area contributed by atoms with Crippen molar-refractivity contribution in [2.45, 2.75) is 43.6 Å². The fraction of sp³-hybridized carbons (Fsp3) is 0.636. The summed E-state index contributed by atoms with van der Waals surface area (Å²) in [7, 11) is 0. The van der Waals surface area contributed by atoms with Gasteiger partial charge in [-0.3, -0.25) is 19.7 Å². The van der Waals surface area contributed by atoms with Crippen LogP contribution < -0.4 is 10.6 Å². The van der Waals surface area contributed by atoms with Gasteiger partial charge in [-0.2, -0.15) is 5.21 Å². The quantitative estimate of drug-likeness (QED) is 0.579. The number of carbonyl (C=O) groups is 3. The molecule has 2 aliphatic rings. The average molecular weight is 278 g/mol. The predicted octanol–water partition coefficient (Wildman–Crippen LogP) is -1.46. The Morgan fingerprint density at radius 1 is 1.30 bits per heavy atom. The Kier molecular flexibility index (Phi) is 2.96. The summed E-state index contributed by atoms with van der Waals surface area (Å²) >= 11 is 0. The van der Waals surface area contributed by atoms with E-state index in [4.69, 9.17) is 0 Å². The van der Waals surface area contributed by atoms with E-state index in [1.165, 1.54) is 0 Å². The molecule has 3 N–H and O–H groups in total. The third-order valence-electron chi connectivity index (χ3n) is 3.94. The van der Waals surface area contributed by atoms with Crippen LogP contribution in [0.2, 0.25) is 0 Å². The molecule has 9 heteroatoms. The maximum absolute atomic E-state index is 12.5. The number of hydrogen-bond acceptors (Lipinski definition) is 6. The summed E-state index contributed by atoms with van der Waals surface area (Å²) in [4.78, 5) is 35.2. The Bertz CT molecular complexity index is 549. The lowest BCUT2D eigenvalue weighted by atomic mass is 9.84. The number of nitrogens with one attached hydrogen (secondary N) is 3. The molecule has 0 radical (unpaired) electrons. The van der Waals surface area contributed by atoms with Crippen LogP contribution in [-0.2, 0) is 19.8 Å². The van der Waals surface area contributed by atoms with Crippen LogP contribution in [0.15, 0.2) is 0 Å². The Labute approximate surface area is 113 Å². The van der Waals surface area contributed by atoms with Gasteiger partial charge in [0.05, 0.1) is 6.42 Å². The van der Waals surface area contributed by atoms with Crippen molar-refractivity contribution in [2.75, 3.05) is 0 Å². The molecule has 0 spiro atoms. The summed E-state index contributed by atoms with van der Waals surface area (Å²) in [5.74, 6) is -0.812. The molecule has 3 rings (SSSR count). The number of rotatable bonds is 3. The normalized spacial score (nSPS) is 24.7. The number of nitrogens with zero attached hydrogens (tertiary/aromatic N) is 3. The number of H-pyrrole nitrogens is 1. The molecule has 2 heterocycles. The molecule has 1 atom stereocenters. The minimum Gasteiger partial charge on any atom is -0.343 e. The zero-order chi connectivity index (χ0) is 14.2. The van der Waals surface area contributed by atoms with E-state index in [2.05, 4.69) is 31.3 Å². The molecule has 106 valence electrons. The van der Waals surface area contributed by atoms with Crippen molar-refractivity contribution < 1.29 is 14.4 Å². The minimum absolute atomic E-state index is 0.0209. The fourth-order valence-electron chi connectivity index (χ4n) is 2.86. The van der Waals surface area contributed by atoms with Crippen molar-refractivity contribution in [1.29, 1.82) is 0 Å². The van der Waals surface area contributed by atoms with Gasteiger partial charge < -0.3 is 5.32 Å². The van der Waals surface area contributed by atoms with E-state index < -0.39 is 17.4 Å². The van der Waals surface area contributed by atoms with E-state index in [1.807, 2.05) is 0 Å². The summed E-state index contributed by atoms with van der Waals surface area (Å²) in [6, 6.07) is -0.806. The first-order valence-electron chi connectivity index (χ1n) is 6.50. The maximum atomic E-state index is 12.5. The molecule has 9 nitrogen and oxygen atoms in total. The highest BCUT2D eigenvalue weighted by Crippen LogP contribution is 2.39. The second kappa shape index (κ2) is 4.66. The zero-order valence-corrected chi connectivity index (χ0v) is 10.7. The topological polar surface area (TPSA) is 130 Å². The molecular formula is C11H14N6O3. The van der Waals surface area contributed by atoms with Crippen LogP contribution in [-0.4, -0.2) is 44.4 Å². The standard InChI is InChI=1S/C11H14N6O3/c18-7-5-6(8(19)13-7)12-10(20)11(3-1-2-4-11)9-14-16-17-15-9/h6H,1-5H2,(H,12,20)(H,13,18,19)(H,14,15,16,17). The van der Waals surface area contributed by atoms with E-state index in [1.54, 1.807) is 0 Å². The van der Waals surface area contributed by atoms with Gasteiger partial charge >= 0.3 is 0 Å². The maximum Gasteiger partial charge on any atom is 0.249 e. The summed E-state index contributed by atoms with van der Waals surface area (Å²) in [5.41, 5.74) is -0.848. The van der Waals surface area contributed by atoms with Gasteiger partial charge in [-0.15, -0.1) is 10.2 Å². The monoisotopic (exact) mass is 278 g/mol. The number of aromatic amines is 1. The lowest BCUT2D eigenvalue weighted by molar-refractivity contribution is -0.131. The van der Waals surface area contributed by atoms with Gasteiger partial charge in [0.25, 0.3) is 0 Å². The Morgan fingerprint density at radius 2 is 2.05 bits per heavy atom. The Morgan fingerprint density at radius 3 is 2.60 bits per heavy atom. The number of aromatic nitrogens is 4. The minimum atomic E-state index is -0.848. The fourth-order valence-corrected chi connectivity index (χ4v) is 2.86. The van der Waals surface area contributed by atoms with E-state index >= 15 is 0 Å². The van der Waals surface area contributed by atoms with E-state index in [-0.39, 0.29) is 18.2 Å². The highest BCUT2D eigenvalue weighted by Gasteiger charge is 2.48. The molecule has 20 heavy (non-hydrogen) atoms. The van der Waals surface area contributed by atoms with Crippen molar-refractivity contribution in [2.24, 2.45) is 0 Å². The molecule has 3 amide bonds. The number of carbonyl (C=O) groups excluding carboxylic acids is 3. The van der Waals surface area contributed by atoms with Crippen molar-refractivity contribution in [3.05, 3.63) is 5.82 Å². The van der Waals surface area contributed by atoms with E-state index in [9.17, 15) is 14.4 Å². The highest BCUT2D eigenvalue weighted by atomic mass is 16.2. The first-order valence-corrected chi connectivity index (χ1v) is 6.50. The van der Waals surface area contributed by atoms with Crippen LogP contribution >= 0.6 is 0 Å². The molecule has 0 aromatic carbocycles. The SMILES string of the molecule is O=C1CC(NC(=O)C2(c3nn[nH]n3)CCCC2)C(=O)N1. The molecule has 1 aromatic rings. The van der Waals surface area contributed by atoms with E-state index in [0.29, 0.717) is 18.7 Å². The lowest BCUT2D eigenvalue weighted by Gasteiger charge is -2.25. The Balaban J connectivity index is 1.81. The number of tetrazole rings is 1. The van der Waals surface area contributed by atoms with Crippen LogP contribution in [0.1, 0.15) is 37.9 Å². The van der Waals surface area contributed by atoms with Gasteiger partial charge in [0, 0.05) is 0 Å². The first-order chi connectivity index (χ1) is 9.62. The third-order valence-corrected chi connectivity index (χ3v) is 3.94. The Hall–Kier alpha value is -2.32. The van der Waals surface area contributed by atoms with Gasteiger partial charge in [0.1, 0.15) is 11.5 Å². The summed E-state index contributed by atoms with van der Waals surface area (Å²) < 4.78 is 0. The predicted molar refractivity (Wildman–Crippen MR) is 64.0 cm³/mol. The molecule has 2 fully saturated rings. The molecule has 1 aliphatic heterocycles. The lowest BCUT2D eigenvalue weighted by Crippen LogP contribution is -2.49. The van der Waals surface area contributed by atoms with Crippen LogP contribution in [0.4, 0.5) is 0 Å². The van der Waals surface area contributed by atoms with E-state index in [0.717, 1.165) is 12.8 Å². The molecule has 1 aliphatic carbocycles. The van der Waals surface area contributed by atoms with Gasteiger partial charge in [-0.1, -0.05) is 18.1 Å². The van der Waals surface area contributed by atoms with Crippen LogP contribution in [0.25, 0.3) is 0 Å². The second-order valence-corrected chi connectivity index (χ2v) is 5.17. The molecule has 1 saturated heterocycles. The van der Waals surface area contributed by atoms with Crippen LogP contribution in [0, 0.1) is 0 Å². The molecular weight excluding hydrogens is 264 g/mol. The molecule has 1 unspecified atom stereocenters. The first kappa shape index (κ1) is 12.7. The van der Waals surface area contributed by atoms with Gasteiger partial charge in [-0.05, 0) is 12.8 Å². The largest absolute Gasteiger partial charge is 0.343 e. The van der Waals surface area contributed by atoms with Crippen molar-refractivity contribution >= 4 is 17.7 Å². The summed E-state index contributed by atoms with van der Waals surface area (Å²) in [6.45, 7) is 0. The van der Waals surface area contributed by atoms with Crippen molar-refractivity contribution in [3.63, 3.8) is 0 Å². The second-order valence-electron chi connectivity index (χ2n) is 5.17. The van der Waals surface area contributed by atoms with Gasteiger partial charge in [0.15, 0.2) is 5.82 Å². The average Bonchev–Trinajstić information content (AvgIpc) is 3.11. The third kappa shape index (κ3) is 1.95. The van der Waals surface area contributed by atoms with Gasteiger partial charge in [0.2, 0.25) is 17.7 Å². The number of amides is 3. The summed E-state index contributed by atoms with van der Waals surface area (Å²) in [5, 5.41) is 18.5. The van der Waals surface area contributed by atoms with Gasteiger partial charge in [-0.25, -0.2) is 0 Å². The van der Waals surface area contributed by atoms with Crippen LogP contribution in [0.3, 0.4) is 0 Å². The highest BCUT2D eigenvalue weighted by molar-refractivity contribution is 6.07. The van der Waals surface area contributed by atoms with Crippen molar-refractivity contribution in [3.8, 4) is 0 Å². The van der Waals surface area contributed by atoms with Crippen molar-refractivity contribution in [1.82, 2.24) is 31.3 Å². The molecule has 1 saturated carbocycles. The zero-order valence-electron chi connectivity index (χ0n) is 10.7. The molecule has 0 bridgehead atoms. The number of hydrogen-bond donors (Lipinski definition) is 3.